The highest BCUT2D eigenvalue weighted by Gasteiger charge is 2.66. The minimum atomic E-state index is -2.25. The Hall–Kier alpha value is -1.23. The molecule has 2 rings (SSSR count). The summed E-state index contributed by atoms with van der Waals surface area (Å²) in [5, 5.41) is 12.1. The molecule has 1 aliphatic carbocycles. The van der Waals surface area contributed by atoms with E-state index in [-0.39, 0.29) is 22.4 Å². The molecule has 2 fully saturated rings. The van der Waals surface area contributed by atoms with E-state index in [0.717, 1.165) is 6.04 Å². The van der Waals surface area contributed by atoms with Gasteiger partial charge in [0.2, 0.25) is 0 Å². The number of allylic oxidation sites excluding steroid dienone is 3. The van der Waals surface area contributed by atoms with Crippen molar-refractivity contribution >= 4 is 28.3 Å². The fourth-order valence-corrected chi connectivity index (χ4v) is 6.48. The minimum Gasteiger partial charge on any atom is -0.466 e. The molecule has 1 saturated carbocycles. The summed E-state index contributed by atoms with van der Waals surface area (Å²) >= 11 is 0. The molecule has 5 atom stereocenters. The number of carbonyl (C=O) groups is 2. The third-order valence-electron chi connectivity index (χ3n) is 7.69. The van der Waals surface area contributed by atoms with E-state index in [1.165, 1.54) is 0 Å². The van der Waals surface area contributed by atoms with Crippen molar-refractivity contribution in [3.05, 3.63) is 23.8 Å². The Bertz CT molecular complexity index is 849. The van der Waals surface area contributed by atoms with Crippen LogP contribution >= 0.6 is 0 Å². The number of rotatable bonds is 8. The van der Waals surface area contributed by atoms with Crippen molar-refractivity contribution in [1.82, 2.24) is 0 Å². The number of hydrogen-bond donors (Lipinski definition) is 1. The third-order valence-corrected chi connectivity index (χ3v) is 13.9. The first-order valence-corrected chi connectivity index (χ1v) is 19.6. The van der Waals surface area contributed by atoms with E-state index in [1.54, 1.807) is 12.2 Å². The number of fused-ring (bicyclic) bond motifs is 1. The van der Waals surface area contributed by atoms with Crippen LogP contribution in [0.3, 0.4) is 0 Å². The molecular weight excluding hydrogens is 476 g/mol. The summed E-state index contributed by atoms with van der Waals surface area (Å²) in [4.78, 5) is 26.4. The summed E-state index contributed by atoms with van der Waals surface area (Å²) in [5.74, 6) is -1.77. The van der Waals surface area contributed by atoms with Crippen molar-refractivity contribution in [3.8, 4) is 0 Å². The van der Waals surface area contributed by atoms with Gasteiger partial charge in [-0.1, -0.05) is 73.3 Å². The first-order chi connectivity index (χ1) is 15.8. The standard InChI is InChI=1S/C27H48O6Si2/c1-18(2)13-12-14-20-25(29)32-23-22(33-35(10,11)26(4,5)6)19(3)17-21(27(20,23)30)24(28)31-15-16-34(7,8)9/h12-14,18-19,21-23,30H,15-17H2,1-11H3/b13-12+,20-14+/t19-,21-,22+,23+,27+/m0/s1. The second kappa shape index (κ2) is 10.6. The summed E-state index contributed by atoms with van der Waals surface area (Å²) in [6.45, 7) is 23.8. The number of aliphatic hydroxyl groups is 1. The highest BCUT2D eigenvalue weighted by atomic mass is 28.4. The van der Waals surface area contributed by atoms with Crippen LogP contribution in [-0.2, 0) is 23.5 Å². The average Bonchev–Trinajstić information content (AvgIpc) is 2.93. The maximum absolute atomic E-state index is 13.4. The van der Waals surface area contributed by atoms with Crippen LogP contribution in [0.25, 0.3) is 0 Å². The maximum atomic E-state index is 13.4. The molecule has 2 aliphatic rings. The Morgan fingerprint density at radius 1 is 1.23 bits per heavy atom. The van der Waals surface area contributed by atoms with Crippen LogP contribution < -0.4 is 0 Å². The predicted octanol–water partition coefficient (Wildman–Crippen LogP) is 5.71. The van der Waals surface area contributed by atoms with Gasteiger partial charge < -0.3 is 19.0 Å². The molecule has 1 saturated heterocycles. The molecule has 200 valence electrons. The molecule has 1 aliphatic heterocycles. The van der Waals surface area contributed by atoms with E-state index in [4.69, 9.17) is 13.9 Å². The van der Waals surface area contributed by atoms with Crippen LogP contribution in [0, 0.1) is 17.8 Å². The quantitative estimate of drug-likeness (QED) is 0.249. The molecule has 8 heteroatoms. The minimum absolute atomic E-state index is 0.0568. The first-order valence-electron chi connectivity index (χ1n) is 13.0. The van der Waals surface area contributed by atoms with Gasteiger partial charge in [0.05, 0.1) is 24.2 Å². The van der Waals surface area contributed by atoms with Crippen LogP contribution in [0.15, 0.2) is 23.8 Å². The molecular formula is C27H48O6Si2. The van der Waals surface area contributed by atoms with Gasteiger partial charge in [0.1, 0.15) is 5.60 Å². The van der Waals surface area contributed by atoms with E-state index in [9.17, 15) is 14.7 Å². The zero-order chi connectivity index (χ0) is 27.0. The lowest BCUT2D eigenvalue weighted by Gasteiger charge is -2.49. The normalized spacial score (nSPS) is 31.2. The summed E-state index contributed by atoms with van der Waals surface area (Å²) in [6, 6.07) is 0.842. The largest absolute Gasteiger partial charge is 0.466 e. The van der Waals surface area contributed by atoms with Crippen molar-refractivity contribution in [2.24, 2.45) is 17.8 Å². The SMILES string of the molecule is CC(C)/C=C/C=C1\C(=O)O[C@@H]2[C@H](O[Si](C)(C)C(C)(C)C)[C@@H](C)C[C@@H](C(=O)OCC[Si](C)(C)C)[C@]12O. The van der Waals surface area contributed by atoms with Gasteiger partial charge >= 0.3 is 11.9 Å². The molecule has 6 nitrogen and oxygen atoms in total. The molecule has 0 aromatic heterocycles. The van der Waals surface area contributed by atoms with Gasteiger partial charge in [-0.25, -0.2) is 4.79 Å². The molecule has 0 bridgehead atoms. The topological polar surface area (TPSA) is 82.1 Å². The molecule has 35 heavy (non-hydrogen) atoms. The molecule has 0 radical (unpaired) electrons. The van der Waals surface area contributed by atoms with E-state index in [0.29, 0.717) is 13.0 Å². The molecule has 0 aromatic rings. The summed E-state index contributed by atoms with van der Waals surface area (Å²) in [6.07, 6.45) is 4.20. The number of esters is 2. The lowest BCUT2D eigenvalue weighted by atomic mass is 9.66. The van der Waals surface area contributed by atoms with Crippen molar-refractivity contribution in [2.45, 2.75) is 110 Å². The van der Waals surface area contributed by atoms with Crippen LogP contribution in [0.2, 0.25) is 43.8 Å². The Kier molecular flexibility index (Phi) is 9.12. The van der Waals surface area contributed by atoms with Crippen molar-refractivity contribution in [3.63, 3.8) is 0 Å². The molecule has 0 aromatic carbocycles. The molecule has 1 heterocycles. The van der Waals surface area contributed by atoms with Gasteiger partial charge in [-0.15, -0.1) is 0 Å². The second-order valence-corrected chi connectivity index (χ2v) is 23.8. The van der Waals surface area contributed by atoms with Gasteiger partial charge in [0.15, 0.2) is 14.4 Å². The van der Waals surface area contributed by atoms with E-state index >= 15 is 0 Å². The van der Waals surface area contributed by atoms with Crippen LogP contribution in [0.1, 0.15) is 48.0 Å². The number of carbonyl (C=O) groups excluding carboxylic acids is 2. The van der Waals surface area contributed by atoms with Gasteiger partial charge in [-0.3, -0.25) is 4.79 Å². The lowest BCUT2D eigenvalue weighted by molar-refractivity contribution is -0.186. The summed E-state index contributed by atoms with van der Waals surface area (Å²) in [5.41, 5.74) is -1.68. The number of hydrogen-bond acceptors (Lipinski definition) is 6. The van der Waals surface area contributed by atoms with Gasteiger partial charge in [0, 0.05) is 8.07 Å². The smallest absolute Gasteiger partial charge is 0.337 e. The van der Waals surface area contributed by atoms with Crippen LogP contribution in [0.5, 0.6) is 0 Å². The summed E-state index contributed by atoms with van der Waals surface area (Å²) in [7, 11) is -3.65. The number of ether oxygens (including phenoxy) is 2. The highest BCUT2D eigenvalue weighted by Crippen LogP contribution is 2.51. The predicted molar refractivity (Wildman–Crippen MR) is 145 cm³/mol. The van der Waals surface area contributed by atoms with Crippen LogP contribution in [0.4, 0.5) is 0 Å². The van der Waals surface area contributed by atoms with Gasteiger partial charge in [0.25, 0.3) is 0 Å². The molecule has 0 unspecified atom stereocenters. The molecule has 0 amide bonds. The lowest BCUT2D eigenvalue weighted by Crippen LogP contribution is -2.63. The van der Waals surface area contributed by atoms with Crippen molar-refractivity contribution < 1.29 is 28.6 Å². The Balaban J connectivity index is 2.48. The molecule has 1 N–H and O–H groups in total. The average molecular weight is 525 g/mol. The zero-order valence-corrected chi connectivity index (χ0v) is 25.7. The fraction of sp³-hybridized carbons (Fsp3) is 0.778. The van der Waals surface area contributed by atoms with Crippen LogP contribution in [-0.4, -0.2) is 57.9 Å². The second-order valence-electron chi connectivity index (χ2n) is 13.4. The van der Waals surface area contributed by atoms with Gasteiger partial charge in [-0.05, 0) is 48.5 Å². The Morgan fingerprint density at radius 3 is 2.34 bits per heavy atom. The fourth-order valence-electron chi connectivity index (χ4n) is 4.38. The molecule has 0 spiro atoms. The van der Waals surface area contributed by atoms with Crippen molar-refractivity contribution in [1.29, 1.82) is 0 Å². The maximum Gasteiger partial charge on any atom is 0.337 e. The Labute approximate surface area is 214 Å². The summed E-state index contributed by atoms with van der Waals surface area (Å²) < 4.78 is 18.2. The Morgan fingerprint density at radius 2 is 1.83 bits per heavy atom. The van der Waals surface area contributed by atoms with E-state index in [2.05, 4.69) is 53.5 Å². The van der Waals surface area contributed by atoms with Crippen molar-refractivity contribution in [2.75, 3.05) is 6.61 Å². The van der Waals surface area contributed by atoms with E-state index in [1.807, 2.05) is 26.8 Å². The highest BCUT2D eigenvalue weighted by molar-refractivity contribution is 6.76. The third kappa shape index (κ3) is 6.76. The van der Waals surface area contributed by atoms with E-state index < -0.39 is 52.1 Å². The first kappa shape index (κ1) is 30.0. The monoisotopic (exact) mass is 524 g/mol. The van der Waals surface area contributed by atoms with Gasteiger partial charge in [-0.2, -0.15) is 0 Å². The zero-order valence-electron chi connectivity index (χ0n) is 23.7.